The van der Waals surface area contributed by atoms with E-state index in [1.54, 1.807) is 37.6 Å². The maximum Gasteiger partial charge on any atom is 0.355 e. The molecule has 1 heterocycles. The van der Waals surface area contributed by atoms with E-state index >= 15 is 0 Å². The van der Waals surface area contributed by atoms with Gasteiger partial charge in [-0.05, 0) is 35.4 Å². The van der Waals surface area contributed by atoms with Crippen molar-refractivity contribution in [1.29, 1.82) is 0 Å². The van der Waals surface area contributed by atoms with Crippen LogP contribution in [0, 0.1) is 0 Å². The average molecular weight is 394 g/mol. The summed E-state index contributed by atoms with van der Waals surface area (Å²) >= 11 is 0. The van der Waals surface area contributed by atoms with Gasteiger partial charge in [0.05, 0.1) is 7.11 Å². The summed E-state index contributed by atoms with van der Waals surface area (Å²) in [6, 6.07) is 18.5. The van der Waals surface area contributed by atoms with Crippen molar-refractivity contribution in [2.45, 2.75) is 13.2 Å². The number of carbonyl (C=O) groups excluding carboxylic acids is 2. The Morgan fingerprint density at radius 1 is 0.966 bits per heavy atom. The van der Waals surface area contributed by atoms with Crippen molar-refractivity contribution in [3.63, 3.8) is 0 Å². The number of hydrogen-bond donors (Lipinski definition) is 2. The zero-order valence-corrected chi connectivity index (χ0v) is 16.0. The predicted octanol–water partition coefficient (Wildman–Crippen LogP) is 3.08. The van der Waals surface area contributed by atoms with Crippen LogP contribution in [0.3, 0.4) is 0 Å². The SMILES string of the molecule is COc1cc(CNC(=O)COC(=O)c2ccc[nH]2)ccc1OCc1ccccc1. The van der Waals surface area contributed by atoms with E-state index in [2.05, 4.69) is 10.3 Å². The van der Waals surface area contributed by atoms with Gasteiger partial charge in [0.1, 0.15) is 12.3 Å². The molecule has 29 heavy (non-hydrogen) atoms. The van der Waals surface area contributed by atoms with E-state index in [-0.39, 0.29) is 13.2 Å². The Hall–Kier alpha value is -3.74. The normalized spacial score (nSPS) is 10.2. The maximum absolute atomic E-state index is 11.9. The number of carbonyl (C=O) groups is 2. The number of hydrogen-bond acceptors (Lipinski definition) is 5. The molecule has 0 aliphatic rings. The summed E-state index contributed by atoms with van der Waals surface area (Å²) < 4.78 is 16.2. The largest absolute Gasteiger partial charge is 0.493 e. The molecule has 0 radical (unpaired) electrons. The second-order valence-electron chi connectivity index (χ2n) is 6.20. The summed E-state index contributed by atoms with van der Waals surface area (Å²) in [6.45, 7) is 0.348. The monoisotopic (exact) mass is 394 g/mol. The summed E-state index contributed by atoms with van der Waals surface area (Å²) in [4.78, 5) is 26.3. The highest BCUT2D eigenvalue weighted by molar-refractivity contribution is 5.89. The third-order valence-electron chi connectivity index (χ3n) is 4.11. The van der Waals surface area contributed by atoms with Crippen molar-refractivity contribution >= 4 is 11.9 Å². The molecule has 0 bridgehead atoms. The number of aromatic nitrogens is 1. The molecule has 0 aliphatic carbocycles. The number of aromatic amines is 1. The van der Waals surface area contributed by atoms with Gasteiger partial charge in [-0.2, -0.15) is 0 Å². The van der Waals surface area contributed by atoms with E-state index in [1.807, 2.05) is 36.4 Å². The lowest BCUT2D eigenvalue weighted by Gasteiger charge is -2.13. The summed E-state index contributed by atoms with van der Waals surface area (Å²) in [5.74, 6) is 0.220. The lowest BCUT2D eigenvalue weighted by atomic mass is 10.2. The fourth-order valence-corrected chi connectivity index (χ4v) is 2.59. The summed E-state index contributed by atoms with van der Waals surface area (Å²) in [7, 11) is 1.56. The van der Waals surface area contributed by atoms with Crippen LogP contribution in [-0.2, 0) is 22.7 Å². The van der Waals surface area contributed by atoms with Gasteiger partial charge in [-0.3, -0.25) is 4.79 Å². The van der Waals surface area contributed by atoms with Crippen molar-refractivity contribution < 1.29 is 23.8 Å². The van der Waals surface area contributed by atoms with Gasteiger partial charge in [-0.15, -0.1) is 0 Å². The molecule has 7 nitrogen and oxygen atoms in total. The standard InChI is InChI=1S/C22H22N2O5/c1-27-20-12-17(9-10-19(20)28-14-16-6-3-2-4-7-16)13-24-21(25)15-29-22(26)18-8-5-11-23-18/h2-12,23H,13-15H2,1H3,(H,24,25). The van der Waals surface area contributed by atoms with Crippen LogP contribution in [0.25, 0.3) is 0 Å². The van der Waals surface area contributed by atoms with Crippen molar-refractivity contribution in [1.82, 2.24) is 10.3 Å². The molecule has 0 aliphatic heterocycles. The Balaban J connectivity index is 1.49. The second-order valence-corrected chi connectivity index (χ2v) is 6.20. The minimum Gasteiger partial charge on any atom is -0.493 e. The minimum atomic E-state index is -0.577. The van der Waals surface area contributed by atoms with Gasteiger partial charge < -0.3 is 24.5 Å². The van der Waals surface area contributed by atoms with Gasteiger partial charge in [0.2, 0.25) is 0 Å². The third kappa shape index (κ3) is 5.87. The molecule has 3 rings (SSSR count). The minimum absolute atomic E-state index is 0.272. The number of benzene rings is 2. The molecule has 0 fully saturated rings. The summed E-state index contributed by atoms with van der Waals surface area (Å²) in [5.41, 5.74) is 2.19. The lowest BCUT2D eigenvalue weighted by molar-refractivity contribution is -0.124. The Kier molecular flexibility index (Phi) is 6.89. The summed E-state index contributed by atoms with van der Waals surface area (Å²) in [6.07, 6.45) is 1.61. The van der Waals surface area contributed by atoms with E-state index in [0.29, 0.717) is 23.8 Å². The highest BCUT2D eigenvalue weighted by atomic mass is 16.5. The molecule has 1 amide bonds. The number of amides is 1. The van der Waals surface area contributed by atoms with Crippen LogP contribution >= 0.6 is 0 Å². The van der Waals surface area contributed by atoms with Crippen LogP contribution in [0.15, 0.2) is 66.9 Å². The van der Waals surface area contributed by atoms with Crippen LogP contribution in [0.2, 0.25) is 0 Å². The first-order chi connectivity index (χ1) is 14.2. The number of esters is 1. The molecule has 1 aromatic heterocycles. The zero-order valence-electron chi connectivity index (χ0n) is 16.0. The summed E-state index contributed by atoms with van der Waals surface area (Å²) in [5, 5.41) is 2.71. The van der Waals surface area contributed by atoms with Crippen molar-refractivity contribution in [2.75, 3.05) is 13.7 Å². The molecule has 2 aromatic carbocycles. The van der Waals surface area contributed by atoms with E-state index < -0.39 is 11.9 Å². The fourth-order valence-electron chi connectivity index (χ4n) is 2.59. The number of ether oxygens (including phenoxy) is 3. The maximum atomic E-state index is 11.9. The van der Waals surface area contributed by atoms with Crippen LogP contribution in [-0.4, -0.2) is 30.6 Å². The topological polar surface area (TPSA) is 89.6 Å². The van der Waals surface area contributed by atoms with E-state index in [4.69, 9.17) is 14.2 Å². The van der Waals surface area contributed by atoms with Gasteiger partial charge in [-0.25, -0.2) is 4.79 Å². The molecule has 0 saturated heterocycles. The highest BCUT2D eigenvalue weighted by Crippen LogP contribution is 2.28. The van der Waals surface area contributed by atoms with Crippen LogP contribution in [0.4, 0.5) is 0 Å². The average Bonchev–Trinajstić information content (AvgIpc) is 3.30. The molecular weight excluding hydrogens is 372 g/mol. The predicted molar refractivity (Wildman–Crippen MR) is 107 cm³/mol. The van der Waals surface area contributed by atoms with E-state index in [1.165, 1.54) is 0 Å². The molecule has 0 saturated carbocycles. The second kappa shape index (κ2) is 9.98. The number of methoxy groups -OCH3 is 1. The lowest BCUT2D eigenvalue weighted by Crippen LogP contribution is -2.28. The Bertz CT molecular complexity index is 939. The van der Waals surface area contributed by atoms with Gasteiger partial charge in [-0.1, -0.05) is 36.4 Å². The van der Waals surface area contributed by atoms with Crippen molar-refractivity contribution in [3.8, 4) is 11.5 Å². The van der Waals surface area contributed by atoms with Crippen molar-refractivity contribution in [3.05, 3.63) is 83.7 Å². The molecule has 0 atom stereocenters. The first-order valence-electron chi connectivity index (χ1n) is 9.06. The van der Waals surface area contributed by atoms with Gasteiger partial charge in [0.25, 0.3) is 5.91 Å². The fraction of sp³-hybridized carbons (Fsp3) is 0.182. The zero-order chi connectivity index (χ0) is 20.5. The van der Waals surface area contributed by atoms with Gasteiger partial charge in [0.15, 0.2) is 18.1 Å². The number of H-pyrrole nitrogens is 1. The van der Waals surface area contributed by atoms with Gasteiger partial charge in [0, 0.05) is 12.7 Å². The Morgan fingerprint density at radius 2 is 1.79 bits per heavy atom. The van der Waals surface area contributed by atoms with Crippen molar-refractivity contribution in [2.24, 2.45) is 0 Å². The number of rotatable bonds is 9. The quantitative estimate of drug-likeness (QED) is 0.545. The molecular formula is C22H22N2O5. The van der Waals surface area contributed by atoms with E-state index in [0.717, 1.165) is 11.1 Å². The number of nitrogens with one attached hydrogen (secondary N) is 2. The molecule has 0 spiro atoms. The Morgan fingerprint density at radius 3 is 2.52 bits per heavy atom. The first kappa shape index (κ1) is 20.0. The molecule has 150 valence electrons. The van der Waals surface area contributed by atoms with E-state index in [9.17, 15) is 9.59 Å². The Labute approximate surface area is 168 Å². The first-order valence-corrected chi connectivity index (χ1v) is 9.06. The van der Waals surface area contributed by atoms with Gasteiger partial charge >= 0.3 is 5.97 Å². The van der Waals surface area contributed by atoms with Crippen LogP contribution in [0.1, 0.15) is 21.6 Å². The van der Waals surface area contributed by atoms with Crippen LogP contribution < -0.4 is 14.8 Å². The molecule has 3 aromatic rings. The molecule has 0 unspecified atom stereocenters. The molecule has 2 N–H and O–H groups in total. The van der Waals surface area contributed by atoms with Crippen LogP contribution in [0.5, 0.6) is 11.5 Å². The molecule has 7 heteroatoms. The highest BCUT2D eigenvalue weighted by Gasteiger charge is 2.11. The third-order valence-corrected chi connectivity index (χ3v) is 4.11. The smallest absolute Gasteiger partial charge is 0.355 e.